The summed E-state index contributed by atoms with van der Waals surface area (Å²) in [4.78, 5) is 15.8. The van der Waals surface area contributed by atoms with Gasteiger partial charge in [0.15, 0.2) is 11.6 Å². The predicted octanol–water partition coefficient (Wildman–Crippen LogP) is 2.16. The maximum atomic E-state index is 6.15. The molecule has 3 heterocycles. The zero-order valence-electron chi connectivity index (χ0n) is 10.6. The van der Waals surface area contributed by atoms with Gasteiger partial charge in [0, 0.05) is 24.3 Å². The Morgan fingerprint density at radius 3 is 3.00 bits per heavy atom. The van der Waals surface area contributed by atoms with Gasteiger partial charge in [0.1, 0.15) is 10.6 Å². The first-order valence-corrected chi connectivity index (χ1v) is 7.11. The lowest BCUT2D eigenvalue weighted by Crippen LogP contribution is -2.01. The van der Waals surface area contributed by atoms with Gasteiger partial charge in [0.2, 0.25) is 0 Å². The molecule has 0 amide bonds. The fraction of sp³-hybridized carbons (Fsp3) is 0.308. The fourth-order valence-corrected chi connectivity index (χ4v) is 3.97. The van der Waals surface area contributed by atoms with E-state index in [0.717, 1.165) is 28.9 Å². The van der Waals surface area contributed by atoms with Crippen molar-refractivity contribution >= 4 is 27.4 Å². The van der Waals surface area contributed by atoms with Crippen molar-refractivity contribution in [3.05, 3.63) is 22.8 Å². The lowest BCUT2D eigenvalue weighted by Gasteiger charge is -2.03. The normalized spacial score (nSPS) is 14.2. The van der Waals surface area contributed by atoms with Crippen LogP contribution in [0.2, 0.25) is 0 Å². The third kappa shape index (κ3) is 1.49. The van der Waals surface area contributed by atoms with Crippen LogP contribution in [-0.4, -0.2) is 19.5 Å². The van der Waals surface area contributed by atoms with E-state index >= 15 is 0 Å². The van der Waals surface area contributed by atoms with Gasteiger partial charge in [-0.15, -0.1) is 11.3 Å². The van der Waals surface area contributed by atoms with E-state index in [1.807, 2.05) is 17.8 Å². The minimum absolute atomic E-state index is 0.586. The fourth-order valence-electron chi connectivity index (χ4n) is 2.71. The molecule has 0 aromatic carbocycles. The minimum Gasteiger partial charge on any atom is -0.383 e. The highest BCUT2D eigenvalue weighted by Gasteiger charge is 2.22. The van der Waals surface area contributed by atoms with E-state index in [-0.39, 0.29) is 0 Å². The first-order chi connectivity index (χ1) is 9.24. The molecule has 0 saturated carbocycles. The molecule has 0 fully saturated rings. The van der Waals surface area contributed by atoms with Crippen molar-refractivity contribution in [2.75, 3.05) is 5.73 Å². The zero-order chi connectivity index (χ0) is 13.0. The molecule has 3 aromatic heterocycles. The maximum absolute atomic E-state index is 6.15. The first-order valence-electron chi connectivity index (χ1n) is 6.29. The van der Waals surface area contributed by atoms with Gasteiger partial charge in [-0.05, 0) is 24.8 Å². The number of imidazole rings is 1. The number of rotatable bonds is 1. The van der Waals surface area contributed by atoms with E-state index < -0.39 is 0 Å². The number of hydrogen-bond donors (Lipinski definition) is 1. The molecule has 0 spiro atoms. The Morgan fingerprint density at radius 1 is 1.32 bits per heavy atom. The monoisotopic (exact) mass is 271 g/mol. The van der Waals surface area contributed by atoms with Crippen molar-refractivity contribution in [1.29, 1.82) is 0 Å². The molecule has 4 rings (SSSR count). The summed E-state index contributed by atoms with van der Waals surface area (Å²) in [6.45, 7) is 0. The SMILES string of the molecule is Cn1ccnc1-c1nc(N)c2c3c(sc2n1)CCC3. The van der Waals surface area contributed by atoms with Crippen LogP contribution >= 0.6 is 11.3 Å². The van der Waals surface area contributed by atoms with E-state index in [4.69, 9.17) is 5.73 Å². The van der Waals surface area contributed by atoms with Gasteiger partial charge < -0.3 is 10.3 Å². The lowest BCUT2D eigenvalue weighted by atomic mass is 10.2. The molecule has 3 aromatic rings. The molecule has 0 saturated heterocycles. The van der Waals surface area contributed by atoms with E-state index in [1.54, 1.807) is 17.5 Å². The van der Waals surface area contributed by atoms with Crippen LogP contribution in [0.5, 0.6) is 0 Å². The second-order valence-electron chi connectivity index (χ2n) is 4.83. The summed E-state index contributed by atoms with van der Waals surface area (Å²) in [6.07, 6.45) is 7.09. The van der Waals surface area contributed by atoms with E-state index in [0.29, 0.717) is 11.6 Å². The van der Waals surface area contributed by atoms with Gasteiger partial charge in [0.05, 0.1) is 5.39 Å². The molecule has 0 atom stereocenters. The van der Waals surface area contributed by atoms with Crippen molar-refractivity contribution < 1.29 is 0 Å². The lowest BCUT2D eigenvalue weighted by molar-refractivity contribution is 0.908. The summed E-state index contributed by atoms with van der Waals surface area (Å²) in [6, 6.07) is 0. The number of thiophene rings is 1. The van der Waals surface area contributed by atoms with Crippen molar-refractivity contribution in [2.24, 2.45) is 7.05 Å². The van der Waals surface area contributed by atoms with Crippen molar-refractivity contribution in [3.8, 4) is 11.6 Å². The zero-order valence-corrected chi connectivity index (χ0v) is 11.4. The van der Waals surface area contributed by atoms with Gasteiger partial charge in [0.25, 0.3) is 0 Å². The van der Waals surface area contributed by atoms with Crippen LogP contribution in [0.25, 0.3) is 21.9 Å². The number of nitrogens with two attached hydrogens (primary N) is 1. The summed E-state index contributed by atoms with van der Waals surface area (Å²) in [5, 5.41) is 1.07. The standard InChI is InChI=1S/C13H13N5S/c1-18-6-5-15-12(18)11-16-10(14)9-7-3-2-4-8(7)19-13(9)17-11/h5-6H,2-4H2,1H3,(H2,14,16,17). The molecule has 2 N–H and O–H groups in total. The van der Waals surface area contributed by atoms with Crippen molar-refractivity contribution in [2.45, 2.75) is 19.3 Å². The smallest absolute Gasteiger partial charge is 0.199 e. The van der Waals surface area contributed by atoms with E-state index in [2.05, 4.69) is 15.0 Å². The minimum atomic E-state index is 0.586. The maximum Gasteiger partial charge on any atom is 0.199 e. The molecule has 96 valence electrons. The van der Waals surface area contributed by atoms with Crippen LogP contribution in [0.1, 0.15) is 16.9 Å². The second kappa shape index (κ2) is 3.77. The van der Waals surface area contributed by atoms with Crippen LogP contribution in [0.3, 0.4) is 0 Å². The molecule has 0 bridgehead atoms. The number of nitrogen functional groups attached to an aromatic ring is 1. The summed E-state index contributed by atoms with van der Waals surface area (Å²) in [5.41, 5.74) is 7.51. The third-order valence-corrected chi connectivity index (χ3v) is 4.80. The first kappa shape index (κ1) is 10.9. The summed E-state index contributed by atoms with van der Waals surface area (Å²) >= 11 is 1.75. The topological polar surface area (TPSA) is 69.6 Å². The van der Waals surface area contributed by atoms with Gasteiger partial charge in [-0.25, -0.2) is 15.0 Å². The van der Waals surface area contributed by atoms with Crippen LogP contribution in [0.4, 0.5) is 5.82 Å². The Kier molecular flexibility index (Phi) is 2.17. The molecule has 1 aliphatic carbocycles. The Bertz CT molecular complexity index is 786. The molecular formula is C13H13N5S. The average Bonchev–Trinajstić information content (AvgIpc) is 3.02. The number of fused-ring (bicyclic) bond motifs is 3. The Morgan fingerprint density at radius 2 is 2.21 bits per heavy atom. The molecule has 19 heavy (non-hydrogen) atoms. The highest BCUT2D eigenvalue weighted by Crippen LogP contribution is 2.39. The molecule has 1 aliphatic rings. The predicted molar refractivity (Wildman–Crippen MR) is 76.1 cm³/mol. The molecule has 5 nitrogen and oxygen atoms in total. The second-order valence-corrected chi connectivity index (χ2v) is 5.92. The van der Waals surface area contributed by atoms with Crippen molar-refractivity contribution in [3.63, 3.8) is 0 Å². The molecule has 0 aliphatic heterocycles. The van der Waals surface area contributed by atoms with Gasteiger partial charge in [-0.3, -0.25) is 0 Å². The van der Waals surface area contributed by atoms with Gasteiger partial charge in [-0.1, -0.05) is 0 Å². The molecule has 0 unspecified atom stereocenters. The van der Waals surface area contributed by atoms with Crippen LogP contribution < -0.4 is 5.73 Å². The highest BCUT2D eigenvalue weighted by atomic mass is 32.1. The number of aryl methyl sites for hydroxylation is 3. The van der Waals surface area contributed by atoms with Crippen molar-refractivity contribution in [1.82, 2.24) is 19.5 Å². The number of hydrogen-bond acceptors (Lipinski definition) is 5. The number of aromatic nitrogens is 4. The Balaban J connectivity index is 1.99. The Labute approximate surface area is 114 Å². The number of nitrogens with zero attached hydrogens (tertiary/aromatic N) is 4. The largest absolute Gasteiger partial charge is 0.383 e. The quantitative estimate of drug-likeness (QED) is 0.736. The Hall–Kier alpha value is -1.95. The van der Waals surface area contributed by atoms with E-state index in [1.165, 1.54) is 16.9 Å². The molecule has 6 heteroatoms. The number of anilines is 1. The van der Waals surface area contributed by atoms with Gasteiger partial charge in [-0.2, -0.15) is 0 Å². The molecular weight excluding hydrogens is 258 g/mol. The summed E-state index contributed by atoms with van der Waals surface area (Å²) in [5.74, 6) is 1.95. The van der Waals surface area contributed by atoms with Crippen LogP contribution in [-0.2, 0) is 19.9 Å². The highest BCUT2D eigenvalue weighted by molar-refractivity contribution is 7.19. The molecule has 0 radical (unpaired) electrons. The average molecular weight is 271 g/mol. The summed E-state index contributed by atoms with van der Waals surface area (Å²) in [7, 11) is 1.93. The third-order valence-electron chi connectivity index (χ3n) is 3.61. The van der Waals surface area contributed by atoms with Crippen LogP contribution in [0.15, 0.2) is 12.4 Å². The summed E-state index contributed by atoms with van der Waals surface area (Å²) < 4.78 is 1.90. The van der Waals surface area contributed by atoms with Gasteiger partial charge >= 0.3 is 0 Å². The van der Waals surface area contributed by atoms with E-state index in [9.17, 15) is 0 Å². The van der Waals surface area contributed by atoms with Crippen LogP contribution in [0, 0.1) is 0 Å².